The topological polar surface area (TPSA) is 21.6 Å². The zero-order valence-electron chi connectivity index (χ0n) is 14.8. The number of thioether (sulfide) groups is 1. The van der Waals surface area contributed by atoms with E-state index in [1.54, 1.807) is 0 Å². The first-order chi connectivity index (χ1) is 12.8. The van der Waals surface area contributed by atoms with Gasteiger partial charge in [-0.1, -0.05) is 54.6 Å². The molecule has 3 aromatic carbocycles. The Morgan fingerprint density at radius 3 is 2.42 bits per heavy atom. The molecular weight excluding hydrogens is 338 g/mol. The lowest BCUT2D eigenvalue weighted by Gasteiger charge is -2.16. The fourth-order valence-corrected chi connectivity index (χ4v) is 4.39. The van der Waals surface area contributed by atoms with Crippen LogP contribution in [0.3, 0.4) is 0 Å². The van der Waals surface area contributed by atoms with Gasteiger partial charge in [-0.3, -0.25) is 4.99 Å². The molecule has 0 N–H and O–H groups in total. The monoisotopic (exact) mass is 359 g/mol. The van der Waals surface area contributed by atoms with Crippen LogP contribution in [0.4, 0.5) is 5.69 Å². The van der Waals surface area contributed by atoms with Crippen LogP contribution >= 0.6 is 11.8 Å². The van der Waals surface area contributed by atoms with E-state index in [2.05, 4.69) is 72.8 Å². The van der Waals surface area contributed by atoms with E-state index in [9.17, 15) is 0 Å². The number of benzene rings is 3. The summed E-state index contributed by atoms with van der Waals surface area (Å²) in [6.45, 7) is 2.70. The molecule has 0 spiro atoms. The van der Waals surface area contributed by atoms with E-state index in [1.807, 2.05) is 24.8 Å². The van der Waals surface area contributed by atoms with Gasteiger partial charge in [-0.2, -0.15) is 0 Å². The number of hydrogen-bond donors (Lipinski definition) is 0. The van der Waals surface area contributed by atoms with Crippen molar-refractivity contribution >= 4 is 23.2 Å². The maximum absolute atomic E-state index is 5.59. The minimum atomic E-state index is 0.327. The Morgan fingerprint density at radius 2 is 1.65 bits per heavy atom. The molecule has 2 nitrogen and oxygen atoms in total. The molecule has 1 aliphatic rings. The molecule has 0 amide bonds. The van der Waals surface area contributed by atoms with Gasteiger partial charge in [0.1, 0.15) is 5.75 Å². The largest absolute Gasteiger partial charge is 0.494 e. The summed E-state index contributed by atoms with van der Waals surface area (Å²) in [5.74, 6) is 0.923. The highest BCUT2D eigenvalue weighted by molar-refractivity contribution is 7.99. The number of nitrogens with zero attached hydrogens (tertiary/aromatic N) is 1. The van der Waals surface area contributed by atoms with Crippen molar-refractivity contribution in [2.45, 2.75) is 23.5 Å². The van der Waals surface area contributed by atoms with Crippen LogP contribution in [0.1, 0.15) is 29.7 Å². The number of fused-ring (bicyclic) bond motifs is 1. The van der Waals surface area contributed by atoms with Gasteiger partial charge in [-0.05, 0) is 42.3 Å². The average Bonchev–Trinajstić information content (AvgIpc) is 2.89. The van der Waals surface area contributed by atoms with Crippen LogP contribution in [-0.2, 0) is 0 Å². The summed E-state index contributed by atoms with van der Waals surface area (Å²) in [5.41, 5.74) is 4.70. The minimum Gasteiger partial charge on any atom is -0.494 e. The van der Waals surface area contributed by atoms with Crippen molar-refractivity contribution in [2.75, 3.05) is 6.61 Å². The number of rotatable bonds is 4. The van der Waals surface area contributed by atoms with Crippen molar-refractivity contribution in [3.63, 3.8) is 0 Å². The Kier molecular flexibility index (Phi) is 5.07. The molecule has 130 valence electrons. The van der Waals surface area contributed by atoms with Crippen molar-refractivity contribution in [1.82, 2.24) is 0 Å². The Labute approximate surface area is 158 Å². The van der Waals surface area contributed by atoms with Gasteiger partial charge in [-0.25, -0.2) is 0 Å². The Morgan fingerprint density at radius 1 is 0.923 bits per heavy atom. The predicted octanol–water partition coefficient (Wildman–Crippen LogP) is 6.44. The average molecular weight is 359 g/mol. The second-order valence-electron chi connectivity index (χ2n) is 6.20. The quantitative estimate of drug-likeness (QED) is 0.534. The molecule has 0 radical (unpaired) electrons. The summed E-state index contributed by atoms with van der Waals surface area (Å²) in [6, 6.07) is 27.4. The van der Waals surface area contributed by atoms with E-state index in [4.69, 9.17) is 9.73 Å². The van der Waals surface area contributed by atoms with Crippen LogP contribution in [0, 0.1) is 0 Å². The van der Waals surface area contributed by atoms with Crippen LogP contribution < -0.4 is 4.74 Å². The molecule has 1 aliphatic heterocycles. The zero-order chi connectivity index (χ0) is 17.8. The van der Waals surface area contributed by atoms with Crippen molar-refractivity contribution < 1.29 is 4.74 Å². The number of para-hydroxylation sites is 1. The third kappa shape index (κ3) is 3.68. The van der Waals surface area contributed by atoms with Crippen LogP contribution in [0.25, 0.3) is 0 Å². The highest BCUT2D eigenvalue weighted by Gasteiger charge is 2.22. The van der Waals surface area contributed by atoms with Crippen LogP contribution in [0.5, 0.6) is 5.75 Å². The van der Waals surface area contributed by atoms with Crippen LogP contribution in [0.15, 0.2) is 88.8 Å². The summed E-state index contributed by atoms with van der Waals surface area (Å²) in [4.78, 5) is 6.24. The molecule has 1 atom stereocenters. The van der Waals surface area contributed by atoms with Crippen LogP contribution in [0.2, 0.25) is 0 Å². The van der Waals surface area contributed by atoms with E-state index in [-0.39, 0.29) is 0 Å². The first-order valence-electron chi connectivity index (χ1n) is 8.95. The van der Waals surface area contributed by atoms with Gasteiger partial charge in [0.2, 0.25) is 0 Å². The van der Waals surface area contributed by atoms with Gasteiger partial charge < -0.3 is 4.74 Å². The van der Waals surface area contributed by atoms with Crippen molar-refractivity contribution in [3.8, 4) is 5.75 Å². The fourth-order valence-electron chi connectivity index (χ4n) is 3.15. The van der Waals surface area contributed by atoms with Gasteiger partial charge in [0.15, 0.2) is 0 Å². The molecule has 1 heterocycles. The minimum absolute atomic E-state index is 0.327. The lowest BCUT2D eigenvalue weighted by molar-refractivity contribution is 0.340. The van der Waals surface area contributed by atoms with Gasteiger partial charge in [0, 0.05) is 22.3 Å². The molecule has 3 heteroatoms. The van der Waals surface area contributed by atoms with Gasteiger partial charge in [-0.15, -0.1) is 11.8 Å². The molecule has 0 aromatic heterocycles. The lowest BCUT2D eigenvalue weighted by Crippen LogP contribution is -2.05. The first-order valence-corrected chi connectivity index (χ1v) is 9.83. The summed E-state index contributed by atoms with van der Waals surface area (Å²) in [5, 5.41) is 0.327. The van der Waals surface area contributed by atoms with Crippen molar-refractivity contribution in [2.24, 2.45) is 4.99 Å². The van der Waals surface area contributed by atoms with Gasteiger partial charge in [0.05, 0.1) is 12.3 Å². The smallest absolute Gasteiger partial charge is 0.119 e. The molecule has 26 heavy (non-hydrogen) atoms. The van der Waals surface area contributed by atoms with Crippen LogP contribution in [-0.4, -0.2) is 12.3 Å². The highest BCUT2D eigenvalue weighted by atomic mass is 32.2. The van der Waals surface area contributed by atoms with E-state index in [0.29, 0.717) is 11.9 Å². The number of aliphatic imine (C=N–C) groups is 1. The molecule has 0 fully saturated rings. The summed E-state index contributed by atoms with van der Waals surface area (Å²) >= 11 is 1.89. The lowest BCUT2D eigenvalue weighted by atomic mass is 10.0. The number of hydrogen-bond acceptors (Lipinski definition) is 3. The Balaban J connectivity index is 1.72. The molecule has 4 rings (SSSR count). The van der Waals surface area contributed by atoms with E-state index < -0.39 is 0 Å². The fraction of sp³-hybridized carbons (Fsp3) is 0.174. The summed E-state index contributed by atoms with van der Waals surface area (Å²) in [7, 11) is 0. The molecule has 0 saturated carbocycles. The first kappa shape index (κ1) is 16.9. The molecule has 3 aromatic rings. The zero-order valence-corrected chi connectivity index (χ0v) is 15.6. The number of ether oxygens (including phenoxy) is 1. The maximum Gasteiger partial charge on any atom is 0.119 e. The van der Waals surface area contributed by atoms with Gasteiger partial charge in [0.25, 0.3) is 0 Å². The molecular formula is C23H21NOS. The highest BCUT2D eigenvalue weighted by Crippen LogP contribution is 2.45. The summed E-state index contributed by atoms with van der Waals surface area (Å²) < 4.78 is 5.59. The third-order valence-electron chi connectivity index (χ3n) is 4.44. The van der Waals surface area contributed by atoms with E-state index >= 15 is 0 Å². The maximum atomic E-state index is 5.59. The second-order valence-corrected chi connectivity index (χ2v) is 7.45. The molecule has 0 saturated heterocycles. The Bertz CT molecular complexity index is 903. The summed E-state index contributed by atoms with van der Waals surface area (Å²) in [6.07, 6.45) is 0.900. The normalized spacial score (nSPS) is 16.3. The van der Waals surface area contributed by atoms with Crippen molar-refractivity contribution in [1.29, 1.82) is 0 Å². The second kappa shape index (κ2) is 7.79. The third-order valence-corrected chi connectivity index (χ3v) is 5.76. The van der Waals surface area contributed by atoms with Crippen molar-refractivity contribution in [3.05, 3.63) is 90.0 Å². The Hall–Kier alpha value is -2.52. The van der Waals surface area contributed by atoms with E-state index in [0.717, 1.165) is 23.6 Å². The molecule has 0 unspecified atom stereocenters. The molecule has 0 aliphatic carbocycles. The SMILES string of the molecule is CCOc1ccc([C@@H]2CC(c3ccccc3)=Nc3ccccc3S2)cc1. The predicted molar refractivity (Wildman–Crippen MR) is 110 cm³/mol. The van der Waals surface area contributed by atoms with E-state index in [1.165, 1.54) is 16.0 Å². The molecule has 0 bridgehead atoms. The van der Waals surface area contributed by atoms with Gasteiger partial charge >= 0.3 is 0 Å². The standard InChI is InChI=1S/C23H21NOS/c1-2-25-19-14-12-18(13-15-19)23-16-21(17-8-4-3-5-9-17)24-20-10-6-7-11-22(20)26-23/h3-15,23H,2,16H2,1H3/t23-/m0/s1.